The summed E-state index contributed by atoms with van der Waals surface area (Å²) >= 11 is 5.56. The molecule has 0 aliphatic carbocycles. The van der Waals surface area contributed by atoms with E-state index < -0.39 is 5.82 Å². The van der Waals surface area contributed by atoms with E-state index >= 15 is 0 Å². The molecule has 0 saturated heterocycles. The van der Waals surface area contributed by atoms with Gasteiger partial charge < -0.3 is 5.11 Å². The van der Waals surface area contributed by atoms with Gasteiger partial charge in [0.2, 0.25) is 5.28 Å². The standard InChI is InChI=1S/C10H10ClFN2O/c1-3-7(4-6(2)15)9-8(12)5-13-10(11)14-9/h3-5,15H,1-2H3/b6-4+,7-3+. The van der Waals surface area contributed by atoms with Gasteiger partial charge in [0.1, 0.15) is 5.69 Å². The van der Waals surface area contributed by atoms with Crippen LogP contribution < -0.4 is 0 Å². The van der Waals surface area contributed by atoms with Gasteiger partial charge in [0.05, 0.1) is 12.0 Å². The second-order valence-electron chi connectivity index (χ2n) is 2.87. The number of aliphatic hydroxyl groups is 1. The topological polar surface area (TPSA) is 46.0 Å². The minimum Gasteiger partial charge on any atom is -0.513 e. The zero-order valence-electron chi connectivity index (χ0n) is 8.33. The Hall–Kier alpha value is -1.42. The average Bonchev–Trinajstić information content (AvgIpc) is 2.18. The molecule has 1 aromatic heterocycles. The van der Waals surface area contributed by atoms with Gasteiger partial charge in [-0.3, -0.25) is 0 Å². The predicted octanol–water partition coefficient (Wildman–Crippen LogP) is 3.13. The first-order valence-electron chi connectivity index (χ1n) is 4.26. The van der Waals surface area contributed by atoms with Gasteiger partial charge in [-0.15, -0.1) is 0 Å². The third-order valence-corrected chi connectivity index (χ3v) is 1.85. The van der Waals surface area contributed by atoms with Crippen molar-refractivity contribution in [1.29, 1.82) is 0 Å². The normalized spacial score (nSPS) is 13.1. The maximum absolute atomic E-state index is 13.3. The van der Waals surface area contributed by atoms with Gasteiger partial charge in [0.15, 0.2) is 5.82 Å². The molecule has 0 saturated carbocycles. The molecular formula is C10H10ClFN2O. The lowest BCUT2D eigenvalue weighted by Gasteiger charge is -2.03. The van der Waals surface area contributed by atoms with E-state index in [4.69, 9.17) is 16.7 Å². The molecule has 5 heteroatoms. The van der Waals surface area contributed by atoms with Crippen molar-refractivity contribution < 1.29 is 9.50 Å². The Morgan fingerprint density at radius 3 is 2.80 bits per heavy atom. The molecule has 0 unspecified atom stereocenters. The lowest BCUT2D eigenvalue weighted by molar-refractivity contribution is 0.415. The van der Waals surface area contributed by atoms with E-state index in [0.717, 1.165) is 6.20 Å². The van der Waals surface area contributed by atoms with Gasteiger partial charge in [-0.1, -0.05) is 6.08 Å². The average molecular weight is 229 g/mol. The van der Waals surface area contributed by atoms with Gasteiger partial charge in [-0.25, -0.2) is 14.4 Å². The fourth-order valence-electron chi connectivity index (χ4n) is 1.06. The van der Waals surface area contributed by atoms with Crippen LogP contribution in [0.15, 0.2) is 24.1 Å². The van der Waals surface area contributed by atoms with Gasteiger partial charge in [-0.05, 0) is 31.5 Å². The van der Waals surface area contributed by atoms with Crippen LogP contribution in [0.1, 0.15) is 19.5 Å². The molecule has 0 amide bonds. The molecule has 0 bridgehead atoms. The number of aromatic nitrogens is 2. The van der Waals surface area contributed by atoms with Crippen LogP contribution in [-0.2, 0) is 0 Å². The zero-order chi connectivity index (χ0) is 11.4. The van der Waals surface area contributed by atoms with Crippen LogP contribution >= 0.6 is 11.6 Å². The highest BCUT2D eigenvalue weighted by Crippen LogP contribution is 2.19. The second-order valence-corrected chi connectivity index (χ2v) is 3.20. The second kappa shape index (κ2) is 4.89. The first-order chi connectivity index (χ1) is 7.04. The van der Waals surface area contributed by atoms with Crippen LogP contribution in [0.3, 0.4) is 0 Å². The van der Waals surface area contributed by atoms with E-state index in [1.165, 1.54) is 13.0 Å². The van der Waals surface area contributed by atoms with Crippen molar-refractivity contribution in [1.82, 2.24) is 9.97 Å². The van der Waals surface area contributed by atoms with Crippen LogP contribution in [0.4, 0.5) is 4.39 Å². The molecule has 1 aromatic rings. The fourth-order valence-corrected chi connectivity index (χ4v) is 1.19. The molecule has 0 atom stereocenters. The minimum atomic E-state index is -0.579. The molecule has 0 spiro atoms. The highest BCUT2D eigenvalue weighted by molar-refractivity contribution is 6.28. The van der Waals surface area contributed by atoms with Crippen molar-refractivity contribution in [3.63, 3.8) is 0 Å². The summed E-state index contributed by atoms with van der Waals surface area (Å²) in [7, 11) is 0. The molecule has 80 valence electrons. The molecule has 0 aromatic carbocycles. The largest absolute Gasteiger partial charge is 0.513 e. The molecule has 1 rings (SSSR count). The molecule has 1 heterocycles. The Morgan fingerprint density at radius 1 is 1.60 bits per heavy atom. The van der Waals surface area contributed by atoms with Gasteiger partial charge in [0, 0.05) is 5.57 Å². The van der Waals surface area contributed by atoms with Crippen LogP contribution in [0.2, 0.25) is 5.28 Å². The van der Waals surface area contributed by atoms with Crippen molar-refractivity contribution in [2.24, 2.45) is 0 Å². The summed E-state index contributed by atoms with van der Waals surface area (Å²) in [5, 5.41) is 9.06. The number of halogens is 2. The molecular weight excluding hydrogens is 219 g/mol. The number of rotatable bonds is 2. The lowest BCUT2D eigenvalue weighted by Crippen LogP contribution is -1.96. The van der Waals surface area contributed by atoms with E-state index in [1.807, 2.05) is 0 Å². The third kappa shape index (κ3) is 3.02. The fraction of sp³-hybridized carbons (Fsp3) is 0.200. The lowest BCUT2D eigenvalue weighted by atomic mass is 10.1. The van der Waals surface area contributed by atoms with Crippen molar-refractivity contribution in [2.75, 3.05) is 0 Å². The van der Waals surface area contributed by atoms with Crippen LogP contribution in [0.25, 0.3) is 5.57 Å². The summed E-state index contributed by atoms with van der Waals surface area (Å²) in [6.07, 6.45) is 4.03. The molecule has 0 fully saturated rings. The number of hydrogen-bond acceptors (Lipinski definition) is 3. The predicted molar refractivity (Wildman–Crippen MR) is 57.0 cm³/mol. The minimum absolute atomic E-state index is 0.0326. The number of nitrogens with zero attached hydrogens (tertiary/aromatic N) is 2. The third-order valence-electron chi connectivity index (χ3n) is 1.66. The van der Waals surface area contributed by atoms with E-state index in [1.54, 1.807) is 13.0 Å². The van der Waals surface area contributed by atoms with Crippen molar-refractivity contribution in [3.8, 4) is 0 Å². The first-order valence-corrected chi connectivity index (χ1v) is 4.64. The van der Waals surface area contributed by atoms with Crippen molar-refractivity contribution in [3.05, 3.63) is 40.9 Å². The van der Waals surface area contributed by atoms with Gasteiger partial charge >= 0.3 is 0 Å². The van der Waals surface area contributed by atoms with E-state index in [9.17, 15) is 4.39 Å². The Bertz CT molecular complexity index is 425. The molecule has 0 aliphatic heterocycles. The summed E-state index contributed by atoms with van der Waals surface area (Å²) < 4.78 is 13.3. The SMILES string of the molecule is C/C=C(\C=C(/C)O)c1nc(Cl)ncc1F. The molecule has 0 aliphatic rings. The van der Waals surface area contributed by atoms with E-state index in [-0.39, 0.29) is 16.7 Å². The number of aliphatic hydroxyl groups excluding tert-OH is 1. The Balaban J connectivity index is 3.25. The summed E-state index contributed by atoms with van der Waals surface area (Å²) in [6.45, 7) is 3.20. The zero-order valence-corrected chi connectivity index (χ0v) is 9.09. The molecule has 15 heavy (non-hydrogen) atoms. The smallest absolute Gasteiger partial charge is 0.223 e. The highest BCUT2D eigenvalue weighted by Gasteiger charge is 2.09. The Kier molecular flexibility index (Phi) is 3.80. The van der Waals surface area contributed by atoms with Crippen molar-refractivity contribution >= 4 is 17.2 Å². The van der Waals surface area contributed by atoms with E-state index in [0.29, 0.717) is 5.57 Å². The Morgan fingerprint density at radius 2 is 2.27 bits per heavy atom. The van der Waals surface area contributed by atoms with Gasteiger partial charge in [-0.2, -0.15) is 0 Å². The monoisotopic (exact) mass is 228 g/mol. The first kappa shape index (κ1) is 11.7. The van der Waals surface area contributed by atoms with Crippen LogP contribution in [-0.4, -0.2) is 15.1 Å². The number of hydrogen-bond donors (Lipinski definition) is 1. The summed E-state index contributed by atoms with van der Waals surface area (Å²) in [5.74, 6) is -0.512. The summed E-state index contributed by atoms with van der Waals surface area (Å²) in [6, 6.07) is 0. The maximum atomic E-state index is 13.3. The van der Waals surface area contributed by atoms with E-state index in [2.05, 4.69) is 9.97 Å². The summed E-state index contributed by atoms with van der Waals surface area (Å²) in [4.78, 5) is 7.26. The van der Waals surface area contributed by atoms with Crippen LogP contribution in [0, 0.1) is 5.82 Å². The quantitative estimate of drug-likeness (QED) is 0.481. The molecule has 3 nitrogen and oxygen atoms in total. The molecule has 0 radical (unpaired) electrons. The van der Waals surface area contributed by atoms with Gasteiger partial charge in [0.25, 0.3) is 0 Å². The Labute approximate surface area is 91.9 Å². The highest BCUT2D eigenvalue weighted by atomic mass is 35.5. The van der Waals surface area contributed by atoms with Crippen molar-refractivity contribution in [2.45, 2.75) is 13.8 Å². The summed E-state index contributed by atoms with van der Waals surface area (Å²) in [5.41, 5.74) is 0.530. The molecule has 1 N–H and O–H groups in total. The maximum Gasteiger partial charge on any atom is 0.223 e. The van der Waals surface area contributed by atoms with Crippen LogP contribution in [0.5, 0.6) is 0 Å². The number of allylic oxidation sites excluding steroid dienone is 4.